The second kappa shape index (κ2) is 5.05. The van der Waals surface area contributed by atoms with E-state index in [0.717, 1.165) is 29.4 Å². The number of hydrogen-bond acceptors (Lipinski definition) is 3. The molecule has 1 aromatic heterocycles. The molecule has 19 heavy (non-hydrogen) atoms. The number of aromatic nitrogens is 2. The van der Waals surface area contributed by atoms with E-state index in [4.69, 9.17) is 4.74 Å². The van der Waals surface area contributed by atoms with Gasteiger partial charge in [0.25, 0.3) is 0 Å². The van der Waals surface area contributed by atoms with E-state index in [-0.39, 0.29) is 0 Å². The van der Waals surface area contributed by atoms with Crippen molar-refractivity contribution in [1.82, 2.24) is 15.3 Å². The molecular weight excluding hydrogens is 238 g/mol. The number of nitrogens with zero attached hydrogens (tertiary/aromatic N) is 1. The summed E-state index contributed by atoms with van der Waals surface area (Å²) in [5, 5.41) is 3.45. The van der Waals surface area contributed by atoms with Gasteiger partial charge in [-0.1, -0.05) is 11.6 Å². The number of methoxy groups -OCH3 is 1. The summed E-state index contributed by atoms with van der Waals surface area (Å²) in [7, 11) is 1.69. The Labute approximate surface area is 113 Å². The highest BCUT2D eigenvalue weighted by atomic mass is 16.5. The third kappa shape index (κ3) is 2.79. The minimum absolute atomic E-state index is 0.696. The van der Waals surface area contributed by atoms with Gasteiger partial charge in [-0.15, -0.1) is 0 Å². The van der Waals surface area contributed by atoms with Gasteiger partial charge in [-0.2, -0.15) is 0 Å². The van der Waals surface area contributed by atoms with Gasteiger partial charge in [0.1, 0.15) is 11.6 Å². The average molecular weight is 257 g/mol. The van der Waals surface area contributed by atoms with Crippen molar-refractivity contribution < 1.29 is 4.74 Å². The zero-order chi connectivity index (χ0) is 13.2. The number of benzene rings is 1. The van der Waals surface area contributed by atoms with Crippen LogP contribution in [0.3, 0.4) is 0 Å². The molecule has 100 valence electrons. The molecule has 1 heterocycles. The molecule has 2 aromatic rings. The van der Waals surface area contributed by atoms with E-state index < -0.39 is 0 Å². The van der Waals surface area contributed by atoms with Gasteiger partial charge in [0.15, 0.2) is 0 Å². The second-order valence-corrected chi connectivity index (χ2v) is 5.10. The number of rotatable bonds is 5. The van der Waals surface area contributed by atoms with E-state index in [1.165, 1.54) is 18.4 Å². The molecule has 1 aliphatic rings. The Bertz CT molecular complexity index is 573. The molecule has 4 heteroatoms. The zero-order valence-corrected chi connectivity index (χ0v) is 11.4. The molecule has 1 aromatic carbocycles. The Balaban J connectivity index is 1.82. The fourth-order valence-corrected chi connectivity index (χ4v) is 2.15. The summed E-state index contributed by atoms with van der Waals surface area (Å²) in [6.07, 6.45) is 4.46. The molecule has 0 unspecified atom stereocenters. The maximum atomic E-state index is 5.41. The van der Waals surface area contributed by atoms with Crippen LogP contribution in [0.15, 0.2) is 24.4 Å². The van der Waals surface area contributed by atoms with Crippen LogP contribution in [-0.2, 0) is 6.54 Å². The summed E-state index contributed by atoms with van der Waals surface area (Å²) < 4.78 is 5.41. The zero-order valence-electron chi connectivity index (χ0n) is 11.4. The molecule has 0 amide bonds. The van der Waals surface area contributed by atoms with Crippen molar-refractivity contribution in [2.24, 2.45) is 0 Å². The smallest absolute Gasteiger partial charge is 0.128 e. The van der Waals surface area contributed by atoms with E-state index in [0.29, 0.717) is 6.04 Å². The predicted molar refractivity (Wildman–Crippen MR) is 75.2 cm³/mol. The van der Waals surface area contributed by atoms with Gasteiger partial charge in [0.05, 0.1) is 25.5 Å². The lowest BCUT2D eigenvalue weighted by Gasteiger charge is -2.07. The second-order valence-electron chi connectivity index (χ2n) is 5.10. The van der Waals surface area contributed by atoms with Crippen LogP contribution in [0.1, 0.15) is 24.2 Å². The summed E-state index contributed by atoms with van der Waals surface area (Å²) in [5.74, 6) is 1.85. The molecule has 1 aliphatic carbocycles. The number of aryl methyl sites for hydroxylation is 1. The lowest BCUT2D eigenvalue weighted by atomic mass is 10.1. The number of ether oxygens (including phenoxy) is 1. The monoisotopic (exact) mass is 257 g/mol. The highest BCUT2D eigenvalue weighted by molar-refractivity contribution is 5.67. The molecule has 0 atom stereocenters. The highest BCUT2D eigenvalue weighted by Crippen LogP contribution is 2.29. The van der Waals surface area contributed by atoms with Crippen LogP contribution < -0.4 is 10.1 Å². The standard InChI is InChI=1S/C15H19N3O/c1-10-3-6-14(19-2)12(7-10)13-8-17-15(18-13)9-16-11-4-5-11/h3,6-8,11,16H,4-5,9H2,1-2H3,(H,17,18). The summed E-state index contributed by atoms with van der Waals surface area (Å²) in [4.78, 5) is 7.78. The van der Waals surface area contributed by atoms with Crippen molar-refractivity contribution in [3.8, 4) is 17.0 Å². The molecule has 0 aliphatic heterocycles. The molecule has 0 spiro atoms. The van der Waals surface area contributed by atoms with Crippen LogP contribution in [0.4, 0.5) is 0 Å². The Morgan fingerprint density at radius 3 is 3.00 bits per heavy atom. The van der Waals surface area contributed by atoms with E-state index >= 15 is 0 Å². The average Bonchev–Trinajstić information content (AvgIpc) is 3.13. The van der Waals surface area contributed by atoms with Crippen LogP contribution in [0, 0.1) is 6.92 Å². The van der Waals surface area contributed by atoms with Crippen LogP contribution >= 0.6 is 0 Å². The summed E-state index contributed by atoms with van der Waals surface area (Å²) in [6.45, 7) is 2.88. The van der Waals surface area contributed by atoms with Gasteiger partial charge in [-0.3, -0.25) is 0 Å². The summed E-state index contributed by atoms with van der Waals surface area (Å²) in [6, 6.07) is 6.86. The molecule has 2 N–H and O–H groups in total. The summed E-state index contributed by atoms with van der Waals surface area (Å²) >= 11 is 0. The van der Waals surface area contributed by atoms with Crippen molar-refractivity contribution in [2.45, 2.75) is 32.4 Å². The quantitative estimate of drug-likeness (QED) is 0.865. The normalized spacial score (nSPS) is 14.6. The van der Waals surface area contributed by atoms with Crippen molar-refractivity contribution in [1.29, 1.82) is 0 Å². The summed E-state index contributed by atoms with van der Waals surface area (Å²) in [5.41, 5.74) is 3.28. The Kier molecular flexibility index (Phi) is 3.25. The number of nitrogens with one attached hydrogen (secondary N) is 2. The first-order valence-corrected chi connectivity index (χ1v) is 6.68. The topological polar surface area (TPSA) is 49.9 Å². The molecule has 3 rings (SSSR count). The van der Waals surface area contributed by atoms with Crippen LogP contribution in [0.5, 0.6) is 5.75 Å². The molecular formula is C15H19N3O. The first kappa shape index (κ1) is 12.2. The number of H-pyrrole nitrogens is 1. The number of imidazole rings is 1. The van der Waals surface area contributed by atoms with Gasteiger partial charge in [-0.25, -0.2) is 4.98 Å². The first-order valence-electron chi connectivity index (χ1n) is 6.68. The van der Waals surface area contributed by atoms with E-state index in [1.807, 2.05) is 18.3 Å². The van der Waals surface area contributed by atoms with Gasteiger partial charge in [0.2, 0.25) is 0 Å². The fraction of sp³-hybridized carbons (Fsp3) is 0.400. The van der Waals surface area contributed by atoms with Crippen LogP contribution in [0.2, 0.25) is 0 Å². The lowest BCUT2D eigenvalue weighted by molar-refractivity contribution is 0.416. The molecule has 1 saturated carbocycles. The van der Waals surface area contributed by atoms with Crippen molar-refractivity contribution in [3.63, 3.8) is 0 Å². The van der Waals surface area contributed by atoms with Gasteiger partial charge in [-0.05, 0) is 31.9 Å². The minimum Gasteiger partial charge on any atom is -0.496 e. The maximum Gasteiger partial charge on any atom is 0.128 e. The molecule has 0 bridgehead atoms. The largest absolute Gasteiger partial charge is 0.496 e. The van der Waals surface area contributed by atoms with Crippen molar-refractivity contribution >= 4 is 0 Å². The van der Waals surface area contributed by atoms with Crippen molar-refractivity contribution in [3.05, 3.63) is 35.8 Å². The van der Waals surface area contributed by atoms with Gasteiger partial charge < -0.3 is 15.0 Å². The van der Waals surface area contributed by atoms with E-state index in [9.17, 15) is 0 Å². The highest BCUT2D eigenvalue weighted by Gasteiger charge is 2.20. The number of hydrogen-bond donors (Lipinski definition) is 2. The Morgan fingerprint density at radius 1 is 1.42 bits per heavy atom. The fourth-order valence-electron chi connectivity index (χ4n) is 2.15. The molecule has 0 saturated heterocycles. The number of aromatic amines is 1. The Hall–Kier alpha value is -1.81. The predicted octanol–water partition coefficient (Wildman–Crippen LogP) is 2.65. The van der Waals surface area contributed by atoms with Gasteiger partial charge in [0, 0.05) is 11.6 Å². The van der Waals surface area contributed by atoms with E-state index in [2.05, 4.69) is 28.3 Å². The SMILES string of the molecule is COc1ccc(C)cc1-c1cnc(CNC2CC2)[nH]1. The van der Waals surface area contributed by atoms with Crippen molar-refractivity contribution in [2.75, 3.05) is 7.11 Å². The first-order chi connectivity index (χ1) is 9.26. The van der Waals surface area contributed by atoms with Crippen LogP contribution in [-0.4, -0.2) is 23.1 Å². The third-order valence-electron chi connectivity index (χ3n) is 3.41. The van der Waals surface area contributed by atoms with Crippen LogP contribution in [0.25, 0.3) is 11.3 Å². The van der Waals surface area contributed by atoms with E-state index in [1.54, 1.807) is 7.11 Å². The third-order valence-corrected chi connectivity index (χ3v) is 3.41. The molecule has 1 fully saturated rings. The van der Waals surface area contributed by atoms with Gasteiger partial charge >= 0.3 is 0 Å². The minimum atomic E-state index is 0.696. The maximum absolute atomic E-state index is 5.41. The molecule has 4 nitrogen and oxygen atoms in total. The molecule has 0 radical (unpaired) electrons. The lowest BCUT2D eigenvalue weighted by Crippen LogP contribution is -2.16. The Morgan fingerprint density at radius 2 is 2.26 bits per heavy atom.